The molecule has 0 unspecified atom stereocenters. The molecule has 21 heavy (non-hydrogen) atoms. The number of nitrogens with two attached hydrogens (primary N) is 1. The predicted molar refractivity (Wildman–Crippen MR) is 79.6 cm³/mol. The van der Waals surface area contributed by atoms with Gasteiger partial charge >= 0.3 is 0 Å². The highest BCUT2D eigenvalue weighted by molar-refractivity contribution is 7.89. The van der Waals surface area contributed by atoms with Crippen LogP contribution in [0.3, 0.4) is 0 Å². The fraction of sp³-hybridized carbons (Fsp3) is 0.214. The number of nitrogens with zero attached hydrogens (tertiary/aromatic N) is 2. The molecule has 1 aromatic carbocycles. The Bertz CT molecular complexity index is 741. The van der Waals surface area contributed by atoms with Crippen LogP contribution in [0.15, 0.2) is 41.8 Å². The van der Waals surface area contributed by atoms with Crippen LogP contribution in [0.25, 0.3) is 0 Å². The number of aromatic amines is 1. The summed E-state index contributed by atoms with van der Waals surface area (Å²) in [6.45, 7) is 0.582. The zero-order valence-electron chi connectivity index (χ0n) is 11.6. The van der Waals surface area contributed by atoms with Gasteiger partial charge in [-0.05, 0) is 17.7 Å². The minimum Gasteiger partial charge on any atom is -0.335 e. The van der Waals surface area contributed by atoms with E-state index in [1.165, 1.54) is 23.9 Å². The van der Waals surface area contributed by atoms with Crippen LogP contribution in [0.4, 0.5) is 0 Å². The Labute approximate surface area is 124 Å². The van der Waals surface area contributed by atoms with Crippen molar-refractivity contribution in [2.75, 3.05) is 13.6 Å². The average Bonchev–Trinajstić information content (AvgIpc) is 3.01. The van der Waals surface area contributed by atoms with E-state index >= 15 is 0 Å². The first kappa shape index (κ1) is 15.3. The smallest absolute Gasteiger partial charge is 0.260 e. The molecule has 6 nitrogen and oxygen atoms in total. The summed E-state index contributed by atoms with van der Waals surface area (Å²) in [4.78, 5) is 6.34. The lowest BCUT2D eigenvalue weighted by Crippen LogP contribution is -2.26. The molecule has 0 aliphatic carbocycles. The first-order chi connectivity index (χ1) is 10.0. The van der Waals surface area contributed by atoms with Crippen LogP contribution >= 0.6 is 0 Å². The van der Waals surface area contributed by atoms with E-state index in [0.717, 1.165) is 11.1 Å². The van der Waals surface area contributed by atoms with Gasteiger partial charge in [0.15, 0.2) is 5.03 Å². The summed E-state index contributed by atoms with van der Waals surface area (Å²) in [6, 6.07) is 7.38. The number of sulfonamides is 1. The van der Waals surface area contributed by atoms with Crippen LogP contribution in [0, 0.1) is 11.8 Å². The second kappa shape index (κ2) is 6.54. The molecule has 0 radical (unpaired) electrons. The van der Waals surface area contributed by atoms with Crippen LogP contribution in [0.1, 0.15) is 11.1 Å². The maximum absolute atomic E-state index is 12.2. The van der Waals surface area contributed by atoms with Crippen molar-refractivity contribution in [3.05, 3.63) is 47.9 Å². The summed E-state index contributed by atoms with van der Waals surface area (Å²) < 4.78 is 25.7. The Morgan fingerprint density at radius 3 is 2.62 bits per heavy atom. The van der Waals surface area contributed by atoms with E-state index in [-0.39, 0.29) is 11.6 Å². The first-order valence-corrected chi connectivity index (χ1v) is 7.70. The standard InChI is InChI=1S/C14H16N4O2S/c1-18(21(19,20)14-9-16-11-17-14)10-13-6-4-12(5-7-13)3-2-8-15/h4-7,9,11H,8,10,15H2,1H3,(H,16,17). The summed E-state index contributed by atoms with van der Waals surface area (Å²) in [7, 11) is -2.02. The Kier molecular flexibility index (Phi) is 4.75. The molecule has 7 heteroatoms. The van der Waals surface area contributed by atoms with Crippen molar-refractivity contribution in [3.8, 4) is 11.8 Å². The number of hydrogen-bond donors (Lipinski definition) is 2. The van der Waals surface area contributed by atoms with Crippen molar-refractivity contribution in [1.82, 2.24) is 14.3 Å². The zero-order chi connectivity index (χ0) is 15.3. The number of H-pyrrole nitrogens is 1. The predicted octanol–water partition coefficient (Wildman–Crippen LogP) is 0.541. The van der Waals surface area contributed by atoms with Gasteiger partial charge in [-0.25, -0.2) is 13.4 Å². The number of rotatable bonds is 4. The molecule has 2 rings (SSSR count). The Hall–Kier alpha value is -2.14. The molecule has 1 aromatic heterocycles. The van der Waals surface area contributed by atoms with E-state index < -0.39 is 10.0 Å². The van der Waals surface area contributed by atoms with Gasteiger partial charge < -0.3 is 10.7 Å². The van der Waals surface area contributed by atoms with E-state index in [2.05, 4.69) is 21.8 Å². The molecule has 0 fully saturated rings. The van der Waals surface area contributed by atoms with E-state index in [1.807, 2.05) is 24.3 Å². The third-order valence-corrected chi connectivity index (χ3v) is 4.58. The van der Waals surface area contributed by atoms with Gasteiger partial charge in [-0.3, -0.25) is 0 Å². The van der Waals surface area contributed by atoms with Crippen LogP contribution in [-0.2, 0) is 16.6 Å². The molecule has 0 saturated heterocycles. The number of aromatic nitrogens is 2. The SMILES string of the molecule is CN(Cc1ccc(C#CCN)cc1)S(=O)(=O)c1cnc[nH]1. The summed E-state index contributed by atoms with van der Waals surface area (Å²) >= 11 is 0. The molecule has 2 aromatic rings. The summed E-state index contributed by atoms with van der Waals surface area (Å²) in [5, 5.41) is 0.0791. The van der Waals surface area contributed by atoms with Gasteiger partial charge in [-0.1, -0.05) is 24.0 Å². The molecular weight excluding hydrogens is 288 g/mol. The first-order valence-electron chi connectivity index (χ1n) is 6.26. The lowest BCUT2D eigenvalue weighted by Gasteiger charge is -2.15. The van der Waals surface area contributed by atoms with Gasteiger partial charge in [-0.2, -0.15) is 4.31 Å². The lowest BCUT2D eigenvalue weighted by atomic mass is 10.1. The normalized spacial score (nSPS) is 11.2. The molecule has 0 aliphatic heterocycles. The van der Waals surface area contributed by atoms with Gasteiger partial charge in [0, 0.05) is 19.2 Å². The van der Waals surface area contributed by atoms with Crippen molar-refractivity contribution in [3.63, 3.8) is 0 Å². The Morgan fingerprint density at radius 1 is 1.33 bits per heavy atom. The zero-order valence-corrected chi connectivity index (χ0v) is 12.4. The van der Waals surface area contributed by atoms with Crippen LogP contribution < -0.4 is 5.73 Å². The fourth-order valence-electron chi connectivity index (χ4n) is 1.74. The highest BCUT2D eigenvalue weighted by Crippen LogP contribution is 2.14. The number of hydrogen-bond acceptors (Lipinski definition) is 4. The maximum atomic E-state index is 12.2. The molecule has 3 N–H and O–H groups in total. The average molecular weight is 304 g/mol. The van der Waals surface area contributed by atoms with Crippen molar-refractivity contribution in [2.45, 2.75) is 11.6 Å². The minimum absolute atomic E-state index is 0.0791. The van der Waals surface area contributed by atoms with E-state index in [0.29, 0.717) is 6.54 Å². The van der Waals surface area contributed by atoms with Crippen molar-refractivity contribution < 1.29 is 8.42 Å². The van der Waals surface area contributed by atoms with Gasteiger partial charge in [0.1, 0.15) is 0 Å². The van der Waals surface area contributed by atoms with E-state index in [1.54, 1.807) is 0 Å². The molecule has 0 saturated carbocycles. The molecule has 0 bridgehead atoms. The van der Waals surface area contributed by atoms with Crippen LogP contribution in [-0.4, -0.2) is 36.3 Å². The molecule has 0 spiro atoms. The fourth-order valence-corrected chi connectivity index (χ4v) is 2.79. The monoisotopic (exact) mass is 304 g/mol. The highest BCUT2D eigenvalue weighted by atomic mass is 32.2. The Balaban J connectivity index is 2.11. The van der Waals surface area contributed by atoms with Crippen molar-refractivity contribution in [2.24, 2.45) is 5.73 Å². The Morgan fingerprint density at radius 2 is 2.05 bits per heavy atom. The molecule has 110 valence electrons. The molecule has 0 amide bonds. The molecular formula is C14H16N4O2S. The third-order valence-electron chi connectivity index (χ3n) is 2.86. The quantitative estimate of drug-likeness (QED) is 0.806. The minimum atomic E-state index is -3.55. The van der Waals surface area contributed by atoms with Gasteiger partial charge in [0.05, 0.1) is 19.1 Å². The van der Waals surface area contributed by atoms with Gasteiger partial charge in [-0.15, -0.1) is 0 Å². The van der Waals surface area contributed by atoms with Gasteiger partial charge in [0.2, 0.25) is 0 Å². The third kappa shape index (κ3) is 3.70. The molecule has 1 heterocycles. The van der Waals surface area contributed by atoms with E-state index in [9.17, 15) is 8.42 Å². The van der Waals surface area contributed by atoms with E-state index in [4.69, 9.17) is 5.73 Å². The van der Waals surface area contributed by atoms with Crippen molar-refractivity contribution >= 4 is 10.0 Å². The van der Waals surface area contributed by atoms with Crippen molar-refractivity contribution in [1.29, 1.82) is 0 Å². The molecule has 0 atom stereocenters. The highest BCUT2D eigenvalue weighted by Gasteiger charge is 2.22. The topological polar surface area (TPSA) is 92.1 Å². The lowest BCUT2D eigenvalue weighted by molar-refractivity contribution is 0.464. The molecule has 0 aliphatic rings. The summed E-state index contributed by atoms with van der Waals surface area (Å²) in [5.74, 6) is 5.69. The van der Waals surface area contributed by atoms with Crippen LogP contribution in [0.5, 0.6) is 0 Å². The number of imidazole rings is 1. The number of benzene rings is 1. The second-order valence-corrected chi connectivity index (χ2v) is 6.39. The summed E-state index contributed by atoms with van der Waals surface area (Å²) in [6.07, 6.45) is 2.63. The largest absolute Gasteiger partial charge is 0.335 e. The second-order valence-electron chi connectivity index (χ2n) is 4.38. The van der Waals surface area contributed by atoms with Crippen LogP contribution in [0.2, 0.25) is 0 Å². The maximum Gasteiger partial charge on any atom is 0.260 e. The number of nitrogens with one attached hydrogen (secondary N) is 1. The summed E-state index contributed by atoms with van der Waals surface area (Å²) in [5.41, 5.74) is 7.04. The van der Waals surface area contributed by atoms with Gasteiger partial charge in [0.25, 0.3) is 10.0 Å².